The first-order chi connectivity index (χ1) is 9.00. The number of rotatable bonds is 2. The molecular weight excluding hydrogens is 255 g/mol. The predicted molar refractivity (Wildman–Crippen MR) is 66.9 cm³/mol. The highest BCUT2D eigenvalue weighted by Crippen LogP contribution is 2.31. The maximum absolute atomic E-state index is 12.7. The van der Waals surface area contributed by atoms with Crippen molar-refractivity contribution in [3.63, 3.8) is 0 Å². The van der Waals surface area contributed by atoms with Gasteiger partial charge in [0.1, 0.15) is 0 Å². The van der Waals surface area contributed by atoms with Crippen molar-refractivity contribution in [2.45, 2.75) is 44.3 Å². The number of benzene rings is 1. The van der Waals surface area contributed by atoms with Gasteiger partial charge in [0.2, 0.25) is 0 Å². The van der Waals surface area contributed by atoms with Gasteiger partial charge in [-0.3, -0.25) is 4.79 Å². The molecule has 5 heteroatoms. The lowest BCUT2D eigenvalue weighted by atomic mass is 9.93. The maximum Gasteiger partial charge on any atom is 0.471 e. The molecule has 0 atom stereocenters. The Balaban J connectivity index is 2.30. The molecule has 1 fully saturated rings. The number of carbonyl (C=O) groups is 1. The van der Waals surface area contributed by atoms with Crippen LogP contribution in [0.5, 0.6) is 0 Å². The van der Waals surface area contributed by atoms with Gasteiger partial charge in [-0.2, -0.15) is 13.2 Å². The molecule has 1 aromatic carbocycles. The summed E-state index contributed by atoms with van der Waals surface area (Å²) < 4.78 is 38.2. The third-order valence-electron chi connectivity index (χ3n) is 3.44. The van der Waals surface area contributed by atoms with E-state index < -0.39 is 12.1 Å². The molecule has 104 valence electrons. The van der Waals surface area contributed by atoms with Crippen molar-refractivity contribution in [3.8, 4) is 0 Å². The minimum Gasteiger partial charge on any atom is -0.302 e. The van der Waals surface area contributed by atoms with E-state index in [1.807, 2.05) is 0 Å². The van der Waals surface area contributed by atoms with Gasteiger partial charge < -0.3 is 4.90 Å². The topological polar surface area (TPSA) is 20.3 Å². The number of hydrogen-bond donors (Lipinski definition) is 0. The van der Waals surface area contributed by atoms with E-state index in [1.54, 1.807) is 30.3 Å². The lowest BCUT2D eigenvalue weighted by molar-refractivity contribution is -0.171. The molecule has 2 nitrogen and oxygen atoms in total. The summed E-state index contributed by atoms with van der Waals surface area (Å²) in [7, 11) is 0. The molecule has 1 aliphatic rings. The van der Waals surface area contributed by atoms with Gasteiger partial charge in [-0.25, -0.2) is 0 Å². The molecule has 0 bridgehead atoms. The molecule has 0 saturated heterocycles. The number of carbonyl (C=O) groups excluding carboxylic acids is 1. The smallest absolute Gasteiger partial charge is 0.302 e. The van der Waals surface area contributed by atoms with Crippen LogP contribution in [0.1, 0.15) is 32.1 Å². The largest absolute Gasteiger partial charge is 0.471 e. The number of para-hydroxylation sites is 1. The van der Waals surface area contributed by atoms with Crippen LogP contribution < -0.4 is 4.90 Å². The summed E-state index contributed by atoms with van der Waals surface area (Å²) in [5, 5.41) is 0. The molecule has 0 radical (unpaired) electrons. The molecule has 0 aromatic heterocycles. The Kier molecular flexibility index (Phi) is 4.12. The molecule has 0 N–H and O–H groups in total. The molecule has 19 heavy (non-hydrogen) atoms. The molecule has 2 rings (SSSR count). The summed E-state index contributed by atoms with van der Waals surface area (Å²) in [6.07, 6.45) is -0.779. The van der Waals surface area contributed by atoms with Gasteiger partial charge in [0.15, 0.2) is 0 Å². The Morgan fingerprint density at radius 1 is 1.05 bits per heavy atom. The summed E-state index contributed by atoms with van der Waals surface area (Å²) in [4.78, 5) is 12.6. The molecule has 0 heterocycles. The number of nitrogens with zero attached hydrogens (tertiary/aromatic N) is 1. The Labute approximate surface area is 110 Å². The van der Waals surface area contributed by atoms with Crippen molar-refractivity contribution < 1.29 is 18.0 Å². The van der Waals surface area contributed by atoms with Gasteiger partial charge in [-0.1, -0.05) is 37.5 Å². The molecule has 0 spiro atoms. The standard InChI is InChI=1S/C14H16F3NO/c15-14(16,17)13(19)18(11-7-3-1-4-8-11)12-9-5-2-6-10-12/h1,3-4,7-8,12H,2,5-6,9-10H2. The van der Waals surface area contributed by atoms with Crippen molar-refractivity contribution in [1.29, 1.82) is 0 Å². The molecule has 1 aromatic rings. The number of alkyl halides is 3. The van der Waals surface area contributed by atoms with Crippen LogP contribution in [0.4, 0.5) is 18.9 Å². The van der Waals surface area contributed by atoms with Crippen LogP contribution in [0.25, 0.3) is 0 Å². The second-order valence-electron chi connectivity index (χ2n) is 4.80. The summed E-state index contributed by atoms with van der Waals surface area (Å²) >= 11 is 0. The van der Waals surface area contributed by atoms with E-state index in [1.165, 1.54) is 0 Å². The lowest BCUT2D eigenvalue weighted by Crippen LogP contribution is -2.48. The van der Waals surface area contributed by atoms with Crippen LogP contribution in [-0.2, 0) is 4.79 Å². The number of anilines is 1. The number of amides is 1. The van der Waals surface area contributed by atoms with E-state index in [4.69, 9.17) is 0 Å². The molecule has 1 amide bonds. The third kappa shape index (κ3) is 3.28. The molecule has 0 aliphatic heterocycles. The van der Waals surface area contributed by atoms with Gasteiger partial charge in [0.05, 0.1) is 0 Å². The highest BCUT2D eigenvalue weighted by molar-refractivity contribution is 5.97. The third-order valence-corrected chi connectivity index (χ3v) is 3.44. The van der Waals surface area contributed by atoms with Crippen LogP contribution in [0.15, 0.2) is 30.3 Å². The van der Waals surface area contributed by atoms with E-state index in [-0.39, 0.29) is 6.04 Å². The van der Waals surface area contributed by atoms with Gasteiger partial charge >= 0.3 is 12.1 Å². The Bertz CT molecular complexity index is 424. The van der Waals surface area contributed by atoms with Gasteiger partial charge in [-0.05, 0) is 25.0 Å². The average Bonchev–Trinajstić information content (AvgIpc) is 2.40. The van der Waals surface area contributed by atoms with Crippen LogP contribution in [0.3, 0.4) is 0 Å². The minimum atomic E-state index is -4.83. The average molecular weight is 271 g/mol. The van der Waals surface area contributed by atoms with Gasteiger partial charge in [-0.15, -0.1) is 0 Å². The minimum absolute atomic E-state index is 0.330. The first-order valence-electron chi connectivity index (χ1n) is 6.45. The number of halogens is 3. The second kappa shape index (κ2) is 5.63. The predicted octanol–water partition coefficient (Wildman–Crippen LogP) is 3.91. The molecule has 0 unspecified atom stereocenters. The monoisotopic (exact) mass is 271 g/mol. The summed E-state index contributed by atoms with van der Waals surface area (Å²) in [6, 6.07) is 7.78. The van der Waals surface area contributed by atoms with E-state index in [0.717, 1.165) is 24.2 Å². The first kappa shape index (κ1) is 13.9. The molecular formula is C14H16F3NO. The van der Waals surface area contributed by atoms with Crippen LogP contribution in [-0.4, -0.2) is 18.1 Å². The van der Waals surface area contributed by atoms with E-state index in [0.29, 0.717) is 18.5 Å². The SMILES string of the molecule is O=C(N(c1ccccc1)C1CCCCC1)C(F)(F)F. The maximum atomic E-state index is 12.7. The lowest BCUT2D eigenvalue weighted by Gasteiger charge is -2.34. The Morgan fingerprint density at radius 2 is 1.63 bits per heavy atom. The zero-order chi connectivity index (χ0) is 13.9. The first-order valence-corrected chi connectivity index (χ1v) is 6.45. The molecule has 1 aliphatic carbocycles. The van der Waals surface area contributed by atoms with Crippen molar-refractivity contribution in [1.82, 2.24) is 0 Å². The Hall–Kier alpha value is -1.52. The summed E-state index contributed by atoms with van der Waals surface area (Å²) in [6.45, 7) is 0. The number of hydrogen-bond acceptors (Lipinski definition) is 1. The van der Waals surface area contributed by atoms with E-state index in [2.05, 4.69) is 0 Å². The fraction of sp³-hybridized carbons (Fsp3) is 0.500. The van der Waals surface area contributed by atoms with Crippen molar-refractivity contribution in [3.05, 3.63) is 30.3 Å². The van der Waals surface area contributed by atoms with Crippen LogP contribution in [0, 0.1) is 0 Å². The molecule has 1 saturated carbocycles. The van der Waals surface area contributed by atoms with E-state index in [9.17, 15) is 18.0 Å². The van der Waals surface area contributed by atoms with Crippen molar-refractivity contribution >= 4 is 11.6 Å². The normalized spacial score (nSPS) is 17.2. The summed E-state index contributed by atoms with van der Waals surface area (Å²) in [5.74, 6) is -1.76. The highest BCUT2D eigenvalue weighted by Gasteiger charge is 2.45. The second-order valence-corrected chi connectivity index (χ2v) is 4.80. The van der Waals surface area contributed by atoms with Crippen LogP contribution >= 0.6 is 0 Å². The zero-order valence-electron chi connectivity index (χ0n) is 10.5. The van der Waals surface area contributed by atoms with Crippen LogP contribution in [0.2, 0.25) is 0 Å². The van der Waals surface area contributed by atoms with E-state index >= 15 is 0 Å². The van der Waals surface area contributed by atoms with Crippen molar-refractivity contribution in [2.75, 3.05) is 4.90 Å². The quantitative estimate of drug-likeness (QED) is 0.798. The summed E-state index contributed by atoms with van der Waals surface area (Å²) in [5.41, 5.74) is 0.330. The fourth-order valence-corrected chi connectivity index (χ4v) is 2.56. The zero-order valence-corrected chi connectivity index (χ0v) is 10.5. The van der Waals surface area contributed by atoms with Gasteiger partial charge in [0.25, 0.3) is 0 Å². The van der Waals surface area contributed by atoms with Crippen molar-refractivity contribution in [2.24, 2.45) is 0 Å². The fourth-order valence-electron chi connectivity index (χ4n) is 2.56. The van der Waals surface area contributed by atoms with Gasteiger partial charge in [0, 0.05) is 11.7 Å². The Morgan fingerprint density at radius 3 is 2.16 bits per heavy atom. The highest BCUT2D eigenvalue weighted by atomic mass is 19.4.